The van der Waals surface area contributed by atoms with Crippen LogP contribution in [0.25, 0.3) is 0 Å². The number of aromatic nitrogens is 1. The van der Waals surface area contributed by atoms with Crippen LogP contribution in [0.5, 0.6) is 0 Å². The van der Waals surface area contributed by atoms with Gasteiger partial charge in [0.1, 0.15) is 5.76 Å². The van der Waals surface area contributed by atoms with E-state index < -0.39 is 0 Å². The van der Waals surface area contributed by atoms with Gasteiger partial charge in [0.2, 0.25) is 5.89 Å². The van der Waals surface area contributed by atoms with Crippen molar-refractivity contribution in [3.8, 4) is 0 Å². The highest BCUT2D eigenvalue weighted by molar-refractivity contribution is 6.16. The van der Waals surface area contributed by atoms with Crippen LogP contribution in [0.2, 0.25) is 0 Å². The van der Waals surface area contributed by atoms with Gasteiger partial charge in [-0.1, -0.05) is 13.3 Å². The fourth-order valence-electron chi connectivity index (χ4n) is 1.91. The van der Waals surface area contributed by atoms with Crippen molar-refractivity contribution in [2.45, 2.75) is 38.5 Å². The summed E-state index contributed by atoms with van der Waals surface area (Å²) in [5.41, 5.74) is 1.15. The maximum atomic E-state index is 5.66. The maximum absolute atomic E-state index is 5.66. The van der Waals surface area contributed by atoms with E-state index in [4.69, 9.17) is 16.0 Å². The number of oxazole rings is 1. The minimum atomic E-state index is 0.393. The quantitative estimate of drug-likeness (QED) is 0.685. The highest BCUT2D eigenvalue weighted by atomic mass is 35.5. The highest BCUT2D eigenvalue weighted by Crippen LogP contribution is 2.27. The Kier molecular flexibility index (Phi) is 2.58. The molecule has 0 bridgehead atoms. The van der Waals surface area contributed by atoms with Crippen LogP contribution in [-0.2, 0) is 18.7 Å². The highest BCUT2D eigenvalue weighted by Gasteiger charge is 2.22. The summed E-state index contributed by atoms with van der Waals surface area (Å²) in [5.74, 6) is 2.94. The number of hydrogen-bond donors (Lipinski definition) is 0. The smallest absolute Gasteiger partial charge is 0.209 e. The topological polar surface area (TPSA) is 26.0 Å². The van der Waals surface area contributed by atoms with Crippen LogP contribution in [-0.4, -0.2) is 4.98 Å². The summed E-state index contributed by atoms with van der Waals surface area (Å²) >= 11 is 5.66. The maximum Gasteiger partial charge on any atom is 0.209 e. The Balaban J connectivity index is 2.19. The van der Waals surface area contributed by atoms with Gasteiger partial charge in [0.15, 0.2) is 0 Å². The minimum Gasteiger partial charge on any atom is -0.444 e. The van der Waals surface area contributed by atoms with E-state index in [1.54, 1.807) is 0 Å². The van der Waals surface area contributed by atoms with E-state index in [0.717, 1.165) is 30.2 Å². The molecule has 0 fully saturated rings. The fourth-order valence-corrected chi connectivity index (χ4v) is 2.02. The molecule has 1 unspecified atom stereocenters. The predicted octanol–water partition coefficient (Wildman–Crippen LogP) is 2.93. The van der Waals surface area contributed by atoms with Crippen molar-refractivity contribution in [1.82, 2.24) is 4.98 Å². The molecular weight excluding hydrogens is 186 g/mol. The molecule has 0 aromatic carbocycles. The summed E-state index contributed by atoms with van der Waals surface area (Å²) < 4.78 is 5.51. The zero-order chi connectivity index (χ0) is 9.26. The number of rotatable bonds is 2. The number of halogens is 1. The van der Waals surface area contributed by atoms with Gasteiger partial charge in [-0.15, -0.1) is 11.6 Å². The molecule has 0 radical (unpaired) electrons. The first kappa shape index (κ1) is 9.07. The molecule has 1 aliphatic carbocycles. The van der Waals surface area contributed by atoms with Gasteiger partial charge < -0.3 is 4.42 Å². The summed E-state index contributed by atoms with van der Waals surface area (Å²) in [7, 11) is 0. The molecule has 1 atom stereocenters. The van der Waals surface area contributed by atoms with Gasteiger partial charge in [-0.25, -0.2) is 4.98 Å². The van der Waals surface area contributed by atoms with Crippen molar-refractivity contribution in [2.24, 2.45) is 5.92 Å². The number of hydrogen-bond acceptors (Lipinski definition) is 2. The molecule has 0 N–H and O–H groups in total. The summed E-state index contributed by atoms with van der Waals surface area (Å²) in [6.45, 7) is 2.23. The van der Waals surface area contributed by atoms with Crippen LogP contribution in [0, 0.1) is 5.92 Å². The monoisotopic (exact) mass is 199 g/mol. The molecular formula is C10H14ClNO. The average molecular weight is 200 g/mol. The van der Waals surface area contributed by atoms with Crippen LogP contribution >= 0.6 is 11.6 Å². The molecule has 1 aliphatic rings. The first-order valence-corrected chi connectivity index (χ1v) is 5.40. The van der Waals surface area contributed by atoms with Crippen LogP contribution < -0.4 is 0 Å². The predicted molar refractivity (Wildman–Crippen MR) is 51.9 cm³/mol. The van der Waals surface area contributed by atoms with Gasteiger partial charge in [0, 0.05) is 6.42 Å². The first-order chi connectivity index (χ1) is 6.33. The van der Waals surface area contributed by atoms with Gasteiger partial charge in [0.05, 0.1) is 11.6 Å². The lowest BCUT2D eigenvalue weighted by molar-refractivity contribution is 0.389. The molecule has 1 aromatic heterocycles. The van der Waals surface area contributed by atoms with E-state index in [1.807, 2.05) is 0 Å². The molecule has 0 saturated carbocycles. The number of fused-ring (bicyclic) bond motifs is 1. The normalized spacial score (nSPS) is 21.5. The largest absolute Gasteiger partial charge is 0.444 e. The van der Waals surface area contributed by atoms with Crippen LogP contribution in [0.4, 0.5) is 0 Å². The minimum absolute atomic E-state index is 0.393. The van der Waals surface area contributed by atoms with Gasteiger partial charge in [-0.2, -0.15) is 0 Å². The second kappa shape index (κ2) is 3.70. The Bertz CT molecular complexity index is 295. The number of nitrogens with zero attached hydrogens (tertiary/aromatic N) is 1. The van der Waals surface area contributed by atoms with E-state index in [0.29, 0.717) is 11.8 Å². The lowest BCUT2D eigenvalue weighted by atomic mass is 9.88. The lowest BCUT2D eigenvalue weighted by Gasteiger charge is -2.17. The third kappa shape index (κ3) is 1.73. The molecule has 2 rings (SSSR count). The standard InChI is InChI=1S/C10H14ClNO/c1-2-7-3-4-9-8(5-7)12-10(6-11)13-9/h7H,2-6H2,1H3. The van der Waals surface area contributed by atoms with E-state index in [1.165, 1.54) is 12.8 Å². The summed E-state index contributed by atoms with van der Waals surface area (Å²) in [6, 6.07) is 0. The molecule has 72 valence electrons. The first-order valence-electron chi connectivity index (χ1n) is 4.87. The molecule has 0 amide bonds. The average Bonchev–Trinajstić information content (AvgIpc) is 2.58. The zero-order valence-corrected chi connectivity index (χ0v) is 8.60. The van der Waals surface area contributed by atoms with Crippen molar-refractivity contribution in [2.75, 3.05) is 0 Å². The van der Waals surface area contributed by atoms with Gasteiger partial charge in [-0.05, 0) is 18.8 Å². The van der Waals surface area contributed by atoms with Crippen molar-refractivity contribution < 1.29 is 4.42 Å². The van der Waals surface area contributed by atoms with Crippen LogP contribution in [0.15, 0.2) is 4.42 Å². The Hall–Kier alpha value is -0.500. The van der Waals surface area contributed by atoms with Gasteiger partial charge >= 0.3 is 0 Å². The molecule has 2 nitrogen and oxygen atoms in total. The molecule has 0 aliphatic heterocycles. The third-order valence-electron chi connectivity index (χ3n) is 2.78. The number of alkyl halides is 1. The molecule has 13 heavy (non-hydrogen) atoms. The molecule has 1 aromatic rings. The molecule has 3 heteroatoms. The Labute approximate surface area is 83.3 Å². The van der Waals surface area contributed by atoms with E-state index in [9.17, 15) is 0 Å². The lowest BCUT2D eigenvalue weighted by Crippen LogP contribution is -2.12. The van der Waals surface area contributed by atoms with Crippen LogP contribution in [0.1, 0.15) is 37.1 Å². The van der Waals surface area contributed by atoms with E-state index in [2.05, 4.69) is 11.9 Å². The van der Waals surface area contributed by atoms with E-state index in [-0.39, 0.29) is 0 Å². The summed E-state index contributed by atoms with van der Waals surface area (Å²) in [4.78, 5) is 4.37. The van der Waals surface area contributed by atoms with Gasteiger partial charge in [0.25, 0.3) is 0 Å². The Morgan fingerprint density at radius 3 is 3.15 bits per heavy atom. The van der Waals surface area contributed by atoms with Crippen molar-refractivity contribution in [1.29, 1.82) is 0 Å². The Morgan fingerprint density at radius 1 is 1.62 bits per heavy atom. The summed E-state index contributed by atoms with van der Waals surface area (Å²) in [5, 5.41) is 0. The SMILES string of the molecule is CCC1CCc2oc(CCl)nc2C1. The van der Waals surface area contributed by atoms with E-state index >= 15 is 0 Å². The second-order valence-electron chi connectivity index (χ2n) is 3.63. The number of aryl methyl sites for hydroxylation is 1. The molecule has 0 spiro atoms. The van der Waals surface area contributed by atoms with Crippen molar-refractivity contribution >= 4 is 11.6 Å². The zero-order valence-electron chi connectivity index (χ0n) is 7.85. The second-order valence-corrected chi connectivity index (χ2v) is 3.90. The van der Waals surface area contributed by atoms with Crippen LogP contribution in [0.3, 0.4) is 0 Å². The van der Waals surface area contributed by atoms with Crippen molar-refractivity contribution in [3.05, 3.63) is 17.3 Å². The van der Waals surface area contributed by atoms with Crippen molar-refractivity contribution in [3.63, 3.8) is 0 Å². The summed E-state index contributed by atoms with van der Waals surface area (Å²) in [6.07, 6.45) is 4.59. The Morgan fingerprint density at radius 2 is 2.46 bits per heavy atom. The fraction of sp³-hybridized carbons (Fsp3) is 0.700. The molecule has 0 saturated heterocycles. The third-order valence-corrected chi connectivity index (χ3v) is 3.00. The molecule has 1 heterocycles. The van der Waals surface area contributed by atoms with Gasteiger partial charge in [-0.3, -0.25) is 0 Å².